The van der Waals surface area contributed by atoms with Crippen LogP contribution in [0.2, 0.25) is 0 Å². The van der Waals surface area contributed by atoms with Crippen LogP contribution in [0, 0.1) is 12.8 Å². The SMILES string of the molecule is Cc1ccc(CNC(=O)C2CCCCC2(C)N)s1.Cl. The van der Waals surface area contributed by atoms with Crippen molar-refractivity contribution in [2.24, 2.45) is 11.7 Å². The van der Waals surface area contributed by atoms with E-state index in [-0.39, 0.29) is 29.8 Å². The normalized spacial score (nSPS) is 26.6. The molecule has 0 radical (unpaired) electrons. The molecule has 3 nitrogen and oxygen atoms in total. The van der Waals surface area contributed by atoms with Crippen molar-refractivity contribution in [1.29, 1.82) is 0 Å². The highest BCUT2D eigenvalue weighted by Crippen LogP contribution is 2.31. The number of hydrogen-bond donors (Lipinski definition) is 2. The first-order valence-corrected chi connectivity index (χ1v) is 7.42. The highest BCUT2D eigenvalue weighted by atomic mass is 35.5. The molecule has 1 saturated carbocycles. The standard InChI is InChI=1S/C14H22N2OS.ClH/c1-10-6-7-11(18-10)9-16-13(17)12-5-3-4-8-14(12,2)15;/h6-7,12H,3-5,8-9,15H2,1-2H3,(H,16,17);1H. The van der Waals surface area contributed by atoms with Crippen molar-refractivity contribution in [2.75, 3.05) is 0 Å². The topological polar surface area (TPSA) is 55.1 Å². The van der Waals surface area contributed by atoms with Crippen molar-refractivity contribution in [2.45, 2.75) is 51.6 Å². The smallest absolute Gasteiger partial charge is 0.225 e. The Hall–Kier alpha value is -0.580. The molecule has 1 aromatic heterocycles. The maximum absolute atomic E-state index is 12.2. The molecule has 3 N–H and O–H groups in total. The number of aryl methyl sites for hydroxylation is 1. The number of rotatable bonds is 3. The molecule has 1 heterocycles. The van der Waals surface area contributed by atoms with Gasteiger partial charge in [0.05, 0.1) is 12.5 Å². The molecule has 0 saturated heterocycles. The van der Waals surface area contributed by atoms with Crippen LogP contribution in [0.15, 0.2) is 12.1 Å². The summed E-state index contributed by atoms with van der Waals surface area (Å²) in [6.45, 7) is 4.71. The summed E-state index contributed by atoms with van der Waals surface area (Å²) in [5.41, 5.74) is 5.90. The van der Waals surface area contributed by atoms with E-state index in [2.05, 4.69) is 24.4 Å². The molecule has 108 valence electrons. The monoisotopic (exact) mass is 302 g/mol. The second-order valence-electron chi connectivity index (χ2n) is 5.53. The minimum Gasteiger partial charge on any atom is -0.351 e. The summed E-state index contributed by atoms with van der Waals surface area (Å²) in [7, 11) is 0. The third-order valence-electron chi connectivity index (χ3n) is 3.80. The quantitative estimate of drug-likeness (QED) is 0.902. The predicted octanol–water partition coefficient (Wildman–Crippen LogP) is 3.00. The molecule has 1 fully saturated rings. The van der Waals surface area contributed by atoms with Gasteiger partial charge >= 0.3 is 0 Å². The molecule has 0 spiro atoms. The van der Waals surface area contributed by atoms with E-state index in [0.717, 1.165) is 25.7 Å². The lowest BCUT2D eigenvalue weighted by atomic mass is 9.74. The van der Waals surface area contributed by atoms with E-state index in [9.17, 15) is 4.79 Å². The molecule has 0 aromatic carbocycles. The Balaban J connectivity index is 0.00000180. The molecule has 0 bridgehead atoms. The van der Waals surface area contributed by atoms with E-state index in [1.54, 1.807) is 11.3 Å². The zero-order chi connectivity index (χ0) is 13.2. The van der Waals surface area contributed by atoms with Gasteiger partial charge in [0.25, 0.3) is 0 Å². The number of carbonyl (C=O) groups excluding carboxylic acids is 1. The first-order valence-electron chi connectivity index (χ1n) is 6.61. The fraction of sp³-hybridized carbons (Fsp3) is 0.643. The first-order chi connectivity index (χ1) is 8.49. The molecule has 2 rings (SSSR count). The molecule has 0 aliphatic heterocycles. The molecule has 2 unspecified atom stereocenters. The lowest BCUT2D eigenvalue weighted by molar-refractivity contribution is -0.128. The minimum absolute atomic E-state index is 0. The van der Waals surface area contributed by atoms with Gasteiger partial charge in [-0.15, -0.1) is 23.7 Å². The summed E-state index contributed by atoms with van der Waals surface area (Å²) in [4.78, 5) is 14.7. The van der Waals surface area contributed by atoms with Gasteiger partial charge in [-0.05, 0) is 38.8 Å². The molecule has 5 heteroatoms. The van der Waals surface area contributed by atoms with E-state index in [4.69, 9.17) is 5.73 Å². The summed E-state index contributed by atoms with van der Waals surface area (Å²) in [6.07, 6.45) is 4.12. The van der Waals surface area contributed by atoms with Gasteiger partial charge < -0.3 is 11.1 Å². The van der Waals surface area contributed by atoms with Crippen LogP contribution < -0.4 is 11.1 Å². The average Bonchev–Trinajstić information content (AvgIpc) is 2.71. The lowest BCUT2D eigenvalue weighted by Crippen LogP contribution is -2.52. The van der Waals surface area contributed by atoms with Gasteiger partial charge in [-0.25, -0.2) is 0 Å². The number of halogens is 1. The minimum atomic E-state index is -0.340. The van der Waals surface area contributed by atoms with Crippen LogP contribution in [0.1, 0.15) is 42.4 Å². The molecule has 19 heavy (non-hydrogen) atoms. The molecular weight excluding hydrogens is 280 g/mol. The van der Waals surface area contributed by atoms with Gasteiger partial charge in [-0.2, -0.15) is 0 Å². The number of thiophene rings is 1. The van der Waals surface area contributed by atoms with Crippen molar-refractivity contribution in [1.82, 2.24) is 5.32 Å². The van der Waals surface area contributed by atoms with Crippen molar-refractivity contribution in [3.8, 4) is 0 Å². The Kier molecular flexibility index (Phi) is 5.83. The predicted molar refractivity (Wildman–Crippen MR) is 82.7 cm³/mol. The Labute approximate surface area is 125 Å². The molecule has 1 aliphatic rings. The third-order valence-corrected chi connectivity index (χ3v) is 4.80. The van der Waals surface area contributed by atoms with Crippen molar-refractivity contribution < 1.29 is 4.79 Å². The van der Waals surface area contributed by atoms with Crippen molar-refractivity contribution in [3.63, 3.8) is 0 Å². The van der Waals surface area contributed by atoms with Gasteiger partial charge in [0.2, 0.25) is 5.91 Å². The second kappa shape index (κ2) is 6.73. The van der Waals surface area contributed by atoms with E-state index in [1.165, 1.54) is 9.75 Å². The van der Waals surface area contributed by atoms with E-state index < -0.39 is 0 Å². The number of nitrogens with one attached hydrogen (secondary N) is 1. The van der Waals surface area contributed by atoms with Gasteiger partial charge in [0.15, 0.2) is 0 Å². The molecular formula is C14H23ClN2OS. The van der Waals surface area contributed by atoms with Crippen LogP contribution in [0.4, 0.5) is 0 Å². The zero-order valence-corrected chi connectivity index (χ0v) is 13.2. The highest BCUT2D eigenvalue weighted by molar-refractivity contribution is 7.11. The van der Waals surface area contributed by atoms with Gasteiger partial charge in [-0.1, -0.05) is 12.8 Å². The Morgan fingerprint density at radius 1 is 1.53 bits per heavy atom. The fourth-order valence-electron chi connectivity index (χ4n) is 2.67. The zero-order valence-electron chi connectivity index (χ0n) is 11.6. The molecule has 1 amide bonds. The molecule has 1 aliphatic carbocycles. The fourth-order valence-corrected chi connectivity index (χ4v) is 3.50. The van der Waals surface area contributed by atoms with E-state index in [0.29, 0.717) is 6.54 Å². The van der Waals surface area contributed by atoms with Crippen LogP contribution in [0.3, 0.4) is 0 Å². The first kappa shape index (κ1) is 16.5. The van der Waals surface area contributed by atoms with Crippen LogP contribution >= 0.6 is 23.7 Å². The Morgan fingerprint density at radius 3 is 2.84 bits per heavy atom. The van der Waals surface area contributed by atoms with Gasteiger partial charge in [-0.3, -0.25) is 4.79 Å². The van der Waals surface area contributed by atoms with Crippen molar-refractivity contribution >= 4 is 29.7 Å². The van der Waals surface area contributed by atoms with Gasteiger partial charge in [0.1, 0.15) is 0 Å². The van der Waals surface area contributed by atoms with Gasteiger partial charge in [0, 0.05) is 15.3 Å². The van der Waals surface area contributed by atoms with Crippen LogP contribution in [-0.4, -0.2) is 11.4 Å². The summed E-state index contributed by atoms with van der Waals surface area (Å²) in [6, 6.07) is 4.16. The second-order valence-corrected chi connectivity index (χ2v) is 6.91. The lowest BCUT2D eigenvalue weighted by Gasteiger charge is -2.37. The Morgan fingerprint density at radius 2 is 2.26 bits per heavy atom. The summed E-state index contributed by atoms with van der Waals surface area (Å²) < 4.78 is 0. The number of carbonyl (C=O) groups is 1. The molecule has 1 aromatic rings. The maximum Gasteiger partial charge on any atom is 0.225 e. The summed E-state index contributed by atoms with van der Waals surface area (Å²) in [5, 5.41) is 3.03. The van der Waals surface area contributed by atoms with Crippen LogP contribution in [0.25, 0.3) is 0 Å². The van der Waals surface area contributed by atoms with Crippen LogP contribution in [-0.2, 0) is 11.3 Å². The summed E-state index contributed by atoms with van der Waals surface area (Å²) in [5.74, 6) is 0.0815. The summed E-state index contributed by atoms with van der Waals surface area (Å²) >= 11 is 1.73. The molecule has 2 atom stereocenters. The highest BCUT2D eigenvalue weighted by Gasteiger charge is 2.37. The van der Waals surface area contributed by atoms with E-state index in [1.807, 2.05) is 6.92 Å². The van der Waals surface area contributed by atoms with Crippen LogP contribution in [0.5, 0.6) is 0 Å². The third kappa shape index (κ3) is 4.20. The number of hydrogen-bond acceptors (Lipinski definition) is 3. The van der Waals surface area contributed by atoms with Crippen molar-refractivity contribution in [3.05, 3.63) is 21.9 Å². The van der Waals surface area contributed by atoms with E-state index >= 15 is 0 Å². The number of amides is 1. The maximum atomic E-state index is 12.2. The number of nitrogens with two attached hydrogens (primary N) is 1. The largest absolute Gasteiger partial charge is 0.351 e. The Bertz CT molecular complexity index is 431. The average molecular weight is 303 g/mol.